The number of likely N-dealkylation sites (N-methyl/N-ethyl adjacent to an activating group) is 1. The van der Waals surface area contributed by atoms with Crippen molar-refractivity contribution >= 4 is 15.9 Å². The molecule has 1 aromatic rings. The van der Waals surface area contributed by atoms with Crippen LogP contribution in [0, 0.1) is 0 Å². The second-order valence-corrected chi connectivity index (χ2v) is 6.34. The van der Waals surface area contributed by atoms with Crippen molar-refractivity contribution in [2.45, 2.75) is 18.0 Å². The van der Waals surface area contributed by atoms with Crippen LogP contribution in [0.3, 0.4) is 0 Å². The van der Waals surface area contributed by atoms with Crippen LogP contribution < -0.4 is 15.4 Å². The zero-order chi connectivity index (χ0) is 17.5. The molecule has 3 N–H and O–H groups in total. The van der Waals surface area contributed by atoms with E-state index in [9.17, 15) is 26.4 Å². The van der Waals surface area contributed by atoms with E-state index in [4.69, 9.17) is 0 Å². The van der Waals surface area contributed by atoms with Crippen LogP contribution in [0.4, 0.5) is 13.2 Å². The fourth-order valence-corrected chi connectivity index (χ4v) is 2.70. The molecule has 0 saturated carbocycles. The summed E-state index contributed by atoms with van der Waals surface area (Å²) in [6, 6.07) is 4.82. The molecule has 0 atom stereocenters. The van der Waals surface area contributed by atoms with E-state index in [0.29, 0.717) is 13.1 Å². The number of benzene rings is 1. The van der Waals surface area contributed by atoms with Gasteiger partial charge in [0.25, 0.3) is 5.91 Å². The predicted octanol–water partition coefficient (Wildman–Crippen LogP) is 0.866. The number of nitrogens with one attached hydrogen (secondary N) is 3. The third kappa shape index (κ3) is 6.97. The Labute approximate surface area is 132 Å². The molecule has 0 bridgehead atoms. The minimum absolute atomic E-state index is 0.153. The quantitative estimate of drug-likeness (QED) is 0.605. The molecule has 0 aliphatic carbocycles. The van der Waals surface area contributed by atoms with Crippen LogP contribution in [0.5, 0.6) is 0 Å². The first-order valence-corrected chi connectivity index (χ1v) is 8.29. The first-order chi connectivity index (χ1) is 10.7. The lowest BCUT2D eigenvalue weighted by molar-refractivity contribution is -0.123. The molecule has 10 heteroatoms. The maximum atomic E-state index is 12.1. The van der Waals surface area contributed by atoms with Gasteiger partial charge in [-0.25, -0.2) is 13.1 Å². The van der Waals surface area contributed by atoms with Crippen LogP contribution in [0.25, 0.3) is 0 Å². The lowest BCUT2D eigenvalue weighted by atomic mass is 10.2. The molecule has 0 fully saturated rings. The highest BCUT2D eigenvalue weighted by Crippen LogP contribution is 2.14. The molecule has 0 aromatic heterocycles. The molecule has 130 valence electrons. The normalized spacial score (nSPS) is 12.2. The lowest BCUT2D eigenvalue weighted by Crippen LogP contribution is -2.34. The molecule has 0 heterocycles. The summed E-state index contributed by atoms with van der Waals surface area (Å²) in [5, 5.41) is 4.62. The number of carbonyl (C=O) groups excluding carboxylic acids is 1. The van der Waals surface area contributed by atoms with Gasteiger partial charge in [0.15, 0.2) is 0 Å². The summed E-state index contributed by atoms with van der Waals surface area (Å²) >= 11 is 0. The Hall–Kier alpha value is -1.65. The van der Waals surface area contributed by atoms with Crippen molar-refractivity contribution in [2.24, 2.45) is 0 Å². The van der Waals surface area contributed by atoms with E-state index in [1.54, 1.807) is 5.32 Å². The van der Waals surface area contributed by atoms with Crippen molar-refractivity contribution in [3.63, 3.8) is 0 Å². The Balaban J connectivity index is 2.77. The molecule has 1 amide bonds. The van der Waals surface area contributed by atoms with Gasteiger partial charge in [0.1, 0.15) is 6.54 Å². The SMILES string of the molecule is CCNCCNS(=O)(=O)c1cccc(C(=O)NCC(F)(F)F)c1. The second-order valence-electron chi connectivity index (χ2n) is 4.58. The minimum Gasteiger partial charge on any atom is -0.343 e. The fourth-order valence-electron chi connectivity index (χ4n) is 1.62. The summed E-state index contributed by atoms with van der Waals surface area (Å²) in [4.78, 5) is 11.4. The molecule has 0 aliphatic heterocycles. The largest absolute Gasteiger partial charge is 0.405 e. The highest BCUT2D eigenvalue weighted by molar-refractivity contribution is 7.89. The predicted molar refractivity (Wildman–Crippen MR) is 78.6 cm³/mol. The zero-order valence-electron chi connectivity index (χ0n) is 12.4. The van der Waals surface area contributed by atoms with E-state index in [1.807, 2.05) is 6.92 Å². The zero-order valence-corrected chi connectivity index (χ0v) is 13.2. The molecule has 0 saturated heterocycles. The van der Waals surface area contributed by atoms with Crippen molar-refractivity contribution in [3.8, 4) is 0 Å². The van der Waals surface area contributed by atoms with Gasteiger partial charge < -0.3 is 10.6 Å². The molecule has 0 spiro atoms. The molecule has 1 aromatic carbocycles. The number of alkyl halides is 3. The first-order valence-electron chi connectivity index (χ1n) is 6.81. The van der Waals surface area contributed by atoms with Crippen molar-refractivity contribution in [1.29, 1.82) is 0 Å². The standard InChI is InChI=1S/C13H18F3N3O3S/c1-2-17-6-7-19-23(21,22)11-5-3-4-10(8-11)12(20)18-9-13(14,15)16/h3-5,8,17,19H,2,6-7,9H2,1H3,(H,18,20). The monoisotopic (exact) mass is 353 g/mol. The third-order valence-corrected chi connectivity index (χ3v) is 4.16. The molecule has 0 unspecified atom stereocenters. The van der Waals surface area contributed by atoms with Gasteiger partial charge in [-0.2, -0.15) is 13.2 Å². The molecule has 0 radical (unpaired) electrons. The third-order valence-electron chi connectivity index (χ3n) is 2.70. The average Bonchev–Trinajstić information content (AvgIpc) is 2.48. The lowest BCUT2D eigenvalue weighted by Gasteiger charge is -2.10. The Morgan fingerprint density at radius 1 is 1.22 bits per heavy atom. The van der Waals surface area contributed by atoms with Gasteiger partial charge in [0, 0.05) is 18.7 Å². The maximum Gasteiger partial charge on any atom is 0.405 e. The van der Waals surface area contributed by atoms with Crippen LogP contribution >= 0.6 is 0 Å². The van der Waals surface area contributed by atoms with Crippen LogP contribution in [-0.2, 0) is 10.0 Å². The minimum atomic E-state index is -4.53. The molecule has 23 heavy (non-hydrogen) atoms. The fraction of sp³-hybridized carbons (Fsp3) is 0.462. The van der Waals surface area contributed by atoms with E-state index in [2.05, 4.69) is 10.0 Å². The number of carbonyl (C=O) groups is 1. The smallest absolute Gasteiger partial charge is 0.343 e. The van der Waals surface area contributed by atoms with E-state index in [-0.39, 0.29) is 17.0 Å². The molecule has 1 rings (SSSR count). The number of hydrogen-bond donors (Lipinski definition) is 3. The first kappa shape index (κ1) is 19.4. The second kappa shape index (κ2) is 8.27. The Bertz CT molecular complexity index is 633. The van der Waals surface area contributed by atoms with Crippen molar-refractivity contribution < 1.29 is 26.4 Å². The van der Waals surface area contributed by atoms with Crippen molar-refractivity contribution in [1.82, 2.24) is 15.4 Å². The topological polar surface area (TPSA) is 87.3 Å². The summed E-state index contributed by atoms with van der Waals surface area (Å²) in [7, 11) is -3.83. The van der Waals surface area contributed by atoms with Gasteiger partial charge in [-0.1, -0.05) is 13.0 Å². The molecule has 6 nitrogen and oxygen atoms in total. The molecule has 0 aliphatic rings. The Kier molecular flexibility index (Phi) is 6.98. The maximum absolute atomic E-state index is 12.1. The van der Waals surface area contributed by atoms with Gasteiger partial charge in [0.2, 0.25) is 10.0 Å². The van der Waals surface area contributed by atoms with Crippen LogP contribution in [0.15, 0.2) is 29.2 Å². The van der Waals surface area contributed by atoms with Gasteiger partial charge in [-0.3, -0.25) is 4.79 Å². The Morgan fingerprint density at radius 3 is 2.52 bits per heavy atom. The molecular formula is C13H18F3N3O3S. The van der Waals surface area contributed by atoms with Gasteiger partial charge >= 0.3 is 6.18 Å². The van der Waals surface area contributed by atoms with Gasteiger partial charge in [-0.05, 0) is 24.7 Å². The van der Waals surface area contributed by atoms with Crippen LogP contribution in [-0.4, -0.2) is 46.7 Å². The summed E-state index contributed by atoms with van der Waals surface area (Å²) in [5.41, 5.74) is -0.163. The van der Waals surface area contributed by atoms with Crippen LogP contribution in [0.1, 0.15) is 17.3 Å². The summed E-state index contributed by atoms with van der Waals surface area (Å²) in [6.45, 7) is 1.67. The number of sulfonamides is 1. The van der Waals surface area contributed by atoms with Gasteiger partial charge in [-0.15, -0.1) is 0 Å². The van der Waals surface area contributed by atoms with E-state index in [1.165, 1.54) is 18.2 Å². The summed E-state index contributed by atoms with van der Waals surface area (Å²) < 4.78 is 62.6. The average molecular weight is 353 g/mol. The van der Waals surface area contributed by atoms with Crippen molar-refractivity contribution in [2.75, 3.05) is 26.2 Å². The highest BCUT2D eigenvalue weighted by Gasteiger charge is 2.28. The number of amides is 1. The number of hydrogen-bond acceptors (Lipinski definition) is 4. The summed E-state index contributed by atoms with van der Waals surface area (Å²) in [5.74, 6) is -0.993. The number of rotatable bonds is 8. The number of halogens is 3. The Morgan fingerprint density at radius 2 is 1.91 bits per heavy atom. The van der Waals surface area contributed by atoms with E-state index in [0.717, 1.165) is 6.07 Å². The van der Waals surface area contributed by atoms with E-state index >= 15 is 0 Å². The van der Waals surface area contributed by atoms with Crippen molar-refractivity contribution in [3.05, 3.63) is 29.8 Å². The highest BCUT2D eigenvalue weighted by atomic mass is 32.2. The summed E-state index contributed by atoms with van der Waals surface area (Å²) in [6.07, 6.45) is -4.53. The van der Waals surface area contributed by atoms with Gasteiger partial charge in [0.05, 0.1) is 4.90 Å². The molecular weight excluding hydrogens is 335 g/mol. The van der Waals surface area contributed by atoms with E-state index < -0.39 is 28.7 Å². The van der Waals surface area contributed by atoms with Crippen LogP contribution in [0.2, 0.25) is 0 Å².